The number of pyridine rings is 1. The predicted molar refractivity (Wildman–Crippen MR) is 128 cm³/mol. The summed E-state index contributed by atoms with van der Waals surface area (Å²) in [7, 11) is 4.09. The van der Waals surface area contributed by atoms with Gasteiger partial charge in [-0.2, -0.15) is 0 Å². The van der Waals surface area contributed by atoms with E-state index < -0.39 is 0 Å². The molecule has 0 unspecified atom stereocenters. The molecule has 168 valence electrons. The molecule has 4 heterocycles. The minimum atomic E-state index is -0.259. The third-order valence-electron chi connectivity index (χ3n) is 6.16. The summed E-state index contributed by atoms with van der Waals surface area (Å²) in [4.78, 5) is 35.1. The van der Waals surface area contributed by atoms with Gasteiger partial charge in [0, 0.05) is 62.1 Å². The van der Waals surface area contributed by atoms with E-state index in [9.17, 15) is 4.79 Å². The number of imidazole rings is 1. The maximum atomic E-state index is 12.9. The molecule has 3 aromatic heterocycles. The van der Waals surface area contributed by atoms with E-state index in [1.165, 1.54) is 0 Å². The minimum absolute atomic E-state index is 0.259. The normalized spacial score (nSPS) is 14.6. The molecule has 0 spiro atoms. The zero-order chi connectivity index (χ0) is 22.9. The number of rotatable bonds is 4. The molecule has 0 atom stereocenters. The highest BCUT2D eigenvalue weighted by Crippen LogP contribution is 2.24. The van der Waals surface area contributed by atoms with Gasteiger partial charge >= 0.3 is 0 Å². The SMILES string of the molecule is Cc1ncc(-c2ccc3cnc(NC(=O)c4ccnc(N5CCN(C)CC5)c4)nc3c2)n1C. The first-order chi connectivity index (χ1) is 16.0. The summed E-state index contributed by atoms with van der Waals surface area (Å²) < 4.78 is 2.03. The summed E-state index contributed by atoms with van der Waals surface area (Å²) >= 11 is 0. The number of nitrogens with one attached hydrogen (secondary N) is 1. The van der Waals surface area contributed by atoms with Crippen LogP contribution in [0.25, 0.3) is 22.2 Å². The molecule has 0 saturated carbocycles. The Morgan fingerprint density at radius 3 is 2.55 bits per heavy atom. The zero-order valence-electron chi connectivity index (χ0n) is 19.0. The topological polar surface area (TPSA) is 92.1 Å². The summed E-state index contributed by atoms with van der Waals surface area (Å²) in [6, 6.07) is 9.52. The standard InChI is InChI=1S/C24H26N8O/c1-16-26-15-21(31(16)3)17-4-5-19-14-27-24(28-20(19)12-17)29-23(33)18-6-7-25-22(13-18)32-10-8-30(2)9-11-32/h4-7,12-15H,8-11H2,1-3H3,(H,27,28,29,33). The summed E-state index contributed by atoms with van der Waals surface area (Å²) in [5.41, 5.74) is 3.30. The molecule has 9 heteroatoms. The molecule has 0 bridgehead atoms. The second kappa shape index (κ2) is 8.59. The Morgan fingerprint density at radius 1 is 0.970 bits per heavy atom. The Morgan fingerprint density at radius 2 is 1.79 bits per heavy atom. The molecule has 1 saturated heterocycles. The average Bonchev–Trinajstić information content (AvgIpc) is 3.17. The Balaban J connectivity index is 1.37. The number of fused-ring (bicyclic) bond motifs is 1. The van der Waals surface area contributed by atoms with Crippen molar-refractivity contribution in [2.24, 2.45) is 7.05 Å². The lowest BCUT2D eigenvalue weighted by atomic mass is 10.1. The summed E-state index contributed by atoms with van der Waals surface area (Å²) in [6.45, 7) is 5.70. The van der Waals surface area contributed by atoms with E-state index in [0.717, 1.165) is 60.0 Å². The number of benzene rings is 1. The molecule has 9 nitrogen and oxygen atoms in total. The van der Waals surface area contributed by atoms with Crippen LogP contribution in [0, 0.1) is 6.92 Å². The number of carbonyl (C=O) groups is 1. The molecule has 0 aliphatic carbocycles. The Kier molecular flexibility index (Phi) is 5.47. The first kappa shape index (κ1) is 21.0. The highest BCUT2D eigenvalue weighted by Gasteiger charge is 2.17. The van der Waals surface area contributed by atoms with Crippen LogP contribution in [0.3, 0.4) is 0 Å². The van der Waals surface area contributed by atoms with Gasteiger partial charge in [0.1, 0.15) is 11.6 Å². The van der Waals surface area contributed by atoms with E-state index in [1.54, 1.807) is 18.5 Å². The van der Waals surface area contributed by atoms with Crippen molar-refractivity contribution in [3.05, 3.63) is 60.3 Å². The molecule has 33 heavy (non-hydrogen) atoms. The van der Waals surface area contributed by atoms with Crippen molar-refractivity contribution in [2.45, 2.75) is 6.92 Å². The lowest BCUT2D eigenvalue weighted by Gasteiger charge is -2.33. The van der Waals surface area contributed by atoms with Crippen LogP contribution in [-0.4, -0.2) is 68.5 Å². The molecule has 1 N–H and O–H groups in total. The van der Waals surface area contributed by atoms with Crippen LogP contribution in [0.2, 0.25) is 0 Å². The number of piperazine rings is 1. The molecule has 1 aromatic carbocycles. The van der Waals surface area contributed by atoms with Gasteiger partial charge < -0.3 is 14.4 Å². The van der Waals surface area contributed by atoms with Crippen molar-refractivity contribution in [3.8, 4) is 11.3 Å². The van der Waals surface area contributed by atoms with Crippen molar-refractivity contribution >= 4 is 28.6 Å². The van der Waals surface area contributed by atoms with Crippen molar-refractivity contribution < 1.29 is 4.79 Å². The number of carbonyl (C=O) groups excluding carboxylic acids is 1. The van der Waals surface area contributed by atoms with Gasteiger partial charge in [-0.3, -0.25) is 10.1 Å². The fraction of sp³-hybridized carbons (Fsp3) is 0.292. The number of hydrogen-bond acceptors (Lipinski definition) is 7. The molecule has 5 rings (SSSR count). The number of amides is 1. The summed E-state index contributed by atoms with van der Waals surface area (Å²) in [5, 5.41) is 3.73. The number of likely N-dealkylation sites (N-methyl/N-ethyl adjacent to an activating group) is 1. The van der Waals surface area contributed by atoms with Crippen molar-refractivity contribution in [1.82, 2.24) is 29.4 Å². The van der Waals surface area contributed by atoms with E-state index in [-0.39, 0.29) is 11.9 Å². The van der Waals surface area contributed by atoms with Gasteiger partial charge in [0.15, 0.2) is 0 Å². The van der Waals surface area contributed by atoms with E-state index in [4.69, 9.17) is 0 Å². The highest BCUT2D eigenvalue weighted by atomic mass is 16.1. The molecule has 1 aliphatic rings. The van der Waals surface area contributed by atoms with E-state index in [0.29, 0.717) is 5.56 Å². The van der Waals surface area contributed by atoms with Gasteiger partial charge in [0.25, 0.3) is 5.91 Å². The average molecular weight is 443 g/mol. The smallest absolute Gasteiger partial charge is 0.258 e. The number of aryl methyl sites for hydroxylation is 1. The van der Waals surface area contributed by atoms with Crippen LogP contribution in [0.1, 0.15) is 16.2 Å². The van der Waals surface area contributed by atoms with Crippen molar-refractivity contribution in [3.63, 3.8) is 0 Å². The van der Waals surface area contributed by atoms with Gasteiger partial charge in [-0.25, -0.2) is 19.9 Å². The monoisotopic (exact) mass is 442 g/mol. The molecule has 1 aliphatic heterocycles. The fourth-order valence-corrected chi connectivity index (χ4v) is 3.95. The first-order valence-electron chi connectivity index (χ1n) is 10.9. The lowest BCUT2D eigenvalue weighted by molar-refractivity contribution is 0.102. The van der Waals surface area contributed by atoms with Crippen LogP contribution in [0.5, 0.6) is 0 Å². The molecule has 4 aromatic rings. The second-order valence-electron chi connectivity index (χ2n) is 8.36. The predicted octanol–water partition coefficient (Wildman–Crippen LogP) is 2.74. The van der Waals surface area contributed by atoms with Crippen molar-refractivity contribution in [2.75, 3.05) is 43.4 Å². The maximum Gasteiger partial charge on any atom is 0.258 e. The largest absolute Gasteiger partial charge is 0.354 e. The van der Waals surface area contributed by atoms with Crippen LogP contribution < -0.4 is 10.2 Å². The Hall–Kier alpha value is -3.85. The number of nitrogens with zero attached hydrogens (tertiary/aromatic N) is 7. The molecule has 1 amide bonds. The van der Waals surface area contributed by atoms with Gasteiger partial charge in [-0.15, -0.1) is 0 Å². The van der Waals surface area contributed by atoms with Gasteiger partial charge in [0.05, 0.1) is 17.4 Å². The van der Waals surface area contributed by atoms with Crippen LogP contribution in [0.15, 0.2) is 48.9 Å². The molecule has 0 radical (unpaired) electrons. The van der Waals surface area contributed by atoms with Gasteiger partial charge in [-0.05, 0) is 32.2 Å². The van der Waals surface area contributed by atoms with E-state index >= 15 is 0 Å². The van der Waals surface area contributed by atoms with E-state index in [1.807, 2.05) is 49.0 Å². The Bertz CT molecular complexity index is 1320. The number of anilines is 2. The van der Waals surface area contributed by atoms with Crippen LogP contribution in [0.4, 0.5) is 11.8 Å². The van der Waals surface area contributed by atoms with Crippen LogP contribution in [-0.2, 0) is 7.05 Å². The summed E-state index contributed by atoms with van der Waals surface area (Å²) in [5.74, 6) is 1.76. The zero-order valence-corrected chi connectivity index (χ0v) is 19.0. The molecule has 1 fully saturated rings. The third kappa shape index (κ3) is 4.27. The van der Waals surface area contributed by atoms with Gasteiger partial charge in [0.2, 0.25) is 5.95 Å². The highest BCUT2D eigenvalue weighted by molar-refractivity contribution is 6.04. The van der Waals surface area contributed by atoms with E-state index in [2.05, 4.69) is 42.1 Å². The lowest BCUT2D eigenvalue weighted by Crippen LogP contribution is -2.44. The quantitative estimate of drug-likeness (QED) is 0.520. The van der Waals surface area contributed by atoms with Crippen molar-refractivity contribution in [1.29, 1.82) is 0 Å². The second-order valence-corrected chi connectivity index (χ2v) is 8.36. The molecular weight excluding hydrogens is 416 g/mol. The van der Waals surface area contributed by atoms with Gasteiger partial charge in [-0.1, -0.05) is 12.1 Å². The summed E-state index contributed by atoms with van der Waals surface area (Å²) in [6.07, 6.45) is 5.24. The van der Waals surface area contributed by atoms with Crippen LogP contribution >= 0.6 is 0 Å². The third-order valence-corrected chi connectivity index (χ3v) is 6.16. The maximum absolute atomic E-state index is 12.9. The molecular formula is C24H26N8O. The fourth-order valence-electron chi connectivity index (χ4n) is 3.95. The number of aromatic nitrogens is 5. The first-order valence-corrected chi connectivity index (χ1v) is 10.9. The minimum Gasteiger partial charge on any atom is -0.354 e. The Labute approximate surface area is 192 Å². The number of hydrogen-bond donors (Lipinski definition) is 1.